The molecule has 1 amide bonds. The van der Waals surface area contributed by atoms with Gasteiger partial charge in [-0.05, 0) is 31.9 Å². The number of piperidine rings is 1. The number of hydrogen-bond acceptors (Lipinski definition) is 4. The third-order valence-electron chi connectivity index (χ3n) is 3.99. The van der Waals surface area contributed by atoms with Crippen LogP contribution in [0.4, 0.5) is 0 Å². The van der Waals surface area contributed by atoms with E-state index < -0.39 is 0 Å². The molecule has 5 heteroatoms. The molecule has 108 valence electrons. The average molecular weight is 274 g/mol. The van der Waals surface area contributed by atoms with Gasteiger partial charge in [-0.2, -0.15) is 0 Å². The van der Waals surface area contributed by atoms with E-state index in [0.717, 1.165) is 6.42 Å². The molecule has 0 bridgehead atoms. The highest BCUT2D eigenvalue weighted by molar-refractivity contribution is 5.81. The van der Waals surface area contributed by atoms with Crippen molar-refractivity contribution >= 4 is 12.1 Å². The quantitative estimate of drug-likeness (QED) is 0.747. The minimum absolute atomic E-state index is 0.0253. The van der Waals surface area contributed by atoms with Crippen LogP contribution in [0.2, 0.25) is 0 Å². The lowest BCUT2D eigenvalue weighted by molar-refractivity contribution is -0.122. The van der Waals surface area contributed by atoms with Crippen LogP contribution in [0.25, 0.3) is 0 Å². The molecule has 0 aromatic heterocycles. The number of fused-ring (bicyclic) bond motifs is 3. The standard InChI is InChI=1S/C15H22N4O/c1-9(2)18-19-8-11-7-13(20)17-10(3)14(11)12-5-4-6-16-15(12)19/h5-6,8-10,14-15,18H,4,7H2,1-3H3,(H,17,20). The molecule has 0 aliphatic carbocycles. The lowest BCUT2D eigenvalue weighted by Gasteiger charge is -2.45. The molecule has 0 aromatic carbocycles. The summed E-state index contributed by atoms with van der Waals surface area (Å²) in [7, 11) is 0. The maximum absolute atomic E-state index is 11.8. The van der Waals surface area contributed by atoms with Gasteiger partial charge < -0.3 is 5.32 Å². The number of aliphatic imine (C=N–C) groups is 1. The van der Waals surface area contributed by atoms with E-state index in [2.05, 4.69) is 53.8 Å². The number of allylic oxidation sites excluding steroid dienone is 1. The van der Waals surface area contributed by atoms with Crippen LogP contribution in [0.1, 0.15) is 33.6 Å². The smallest absolute Gasteiger partial charge is 0.224 e. The van der Waals surface area contributed by atoms with E-state index in [1.54, 1.807) is 0 Å². The fraction of sp³-hybridized carbons (Fsp3) is 0.600. The molecule has 1 fully saturated rings. The molecule has 1 saturated heterocycles. The van der Waals surface area contributed by atoms with E-state index in [-0.39, 0.29) is 18.1 Å². The second kappa shape index (κ2) is 5.05. The molecular weight excluding hydrogens is 252 g/mol. The highest BCUT2D eigenvalue weighted by atomic mass is 16.1. The van der Waals surface area contributed by atoms with Gasteiger partial charge in [-0.25, -0.2) is 5.43 Å². The molecule has 3 aliphatic heterocycles. The summed E-state index contributed by atoms with van der Waals surface area (Å²) in [6, 6.07) is 0.474. The second-order valence-corrected chi connectivity index (χ2v) is 6.05. The summed E-state index contributed by atoms with van der Waals surface area (Å²) in [5.41, 5.74) is 5.91. The minimum atomic E-state index is 0.0253. The van der Waals surface area contributed by atoms with Gasteiger partial charge in [-0.15, -0.1) is 0 Å². The van der Waals surface area contributed by atoms with Crippen LogP contribution in [-0.2, 0) is 4.79 Å². The summed E-state index contributed by atoms with van der Waals surface area (Å²) in [6.45, 7) is 6.30. The van der Waals surface area contributed by atoms with E-state index in [1.807, 2.05) is 6.21 Å². The van der Waals surface area contributed by atoms with Crippen molar-refractivity contribution in [2.24, 2.45) is 10.9 Å². The average Bonchev–Trinajstić information content (AvgIpc) is 2.37. The zero-order valence-corrected chi connectivity index (χ0v) is 12.3. The number of dihydropyridines is 1. The highest BCUT2D eigenvalue weighted by Crippen LogP contribution is 2.38. The van der Waals surface area contributed by atoms with Crippen molar-refractivity contribution in [3.05, 3.63) is 23.4 Å². The van der Waals surface area contributed by atoms with Gasteiger partial charge >= 0.3 is 0 Å². The summed E-state index contributed by atoms with van der Waals surface area (Å²) >= 11 is 0. The molecule has 0 aromatic rings. The lowest BCUT2D eigenvalue weighted by Crippen LogP contribution is -2.55. The Hall–Kier alpha value is -1.62. The maximum Gasteiger partial charge on any atom is 0.224 e. The van der Waals surface area contributed by atoms with Gasteiger partial charge in [0.2, 0.25) is 5.91 Å². The van der Waals surface area contributed by atoms with Gasteiger partial charge in [0.15, 0.2) is 6.17 Å². The highest BCUT2D eigenvalue weighted by Gasteiger charge is 2.40. The van der Waals surface area contributed by atoms with Gasteiger partial charge in [-0.1, -0.05) is 6.08 Å². The molecule has 0 radical (unpaired) electrons. The Bertz CT molecular complexity index is 506. The van der Waals surface area contributed by atoms with E-state index in [1.165, 1.54) is 11.1 Å². The largest absolute Gasteiger partial charge is 0.352 e. The van der Waals surface area contributed by atoms with E-state index in [4.69, 9.17) is 0 Å². The van der Waals surface area contributed by atoms with Crippen LogP contribution in [0.15, 0.2) is 28.4 Å². The monoisotopic (exact) mass is 274 g/mol. The van der Waals surface area contributed by atoms with Crippen LogP contribution in [0.5, 0.6) is 0 Å². The van der Waals surface area contributed by atoms with E-state index in [0.29, 0.717) is 18.4 Å². The number of hydrogen-bond donors (Lipinski definition) is 2. The molecular formula is C15H22N4O. The van der Waals surface area contributed by atoms with E-state index >= 15 is 0 Å². The van der Waals surface area contributed by atoms with Crippen LogP contribution in [0, 0.1) is 5.92 Å². The summed E-state index contributed by atoms with van der Waals surface area (Å²) in [6.07, 6.45) is 7.71. The molecule has 3 unspecified atom stereocenters. The fourth-order valence-electron chi connectivity index (χ4n) is 3.35. The van der Waals surface area contributed by atoms with Crippen molar-refractivity contribution < 1.29 is 4.79 Å². The number of amides is 1. The predicted molar refractivity (Wildman–Crippen MR) is 78.9 cm³/mol. The van der Waals surface area contributed by atoms with Crippen LogP contribution in [-0.4, -0.2) is 35.4 Å². The Morgan fingerprint density at radius 3 is 3.05 bits per heavy atom. The topological polar surface area (TPSA) is 56.7 Å². The van der Waals surface area contributed by atoms with Crippen molar-refractivity contribution in [2.75, 3.05) is 0 Å². The van der Waals surface area contributed by atoms with Crippen LogP contribution < -0.4 is 10.7 Å². The molecule has 5 nitrogen and oxygen atoms in total. The number of carbonyl (C=O) groups excluding carboxylic acids is 1. The molecule has 3 rings (SSSR count). The van der Waals surface area contributed by atoms with Crippen molar-refractivity contribution in [2.45, 2.75) is 51.9 Å². The Labute approximate surface area is 119 Å². The minimum Gasteiger partial charge on any atom is -0.352 e. The number of hydrazine groups is 1. The summed E-state index contributed by atoms with van der Waals surface area (Å²) < 4.78 is 0. The van der Waals surface area contributed by atoms with Crippen molar-refractivity contribution in [1.82, 2.24) is 15.8 Å². The first-order valence-electron chi connectivity index (χ1n) is 7.32. The fourth-order valence-corrected chi connectivity index (χ4v) is 3.35. The van der Waals surface area contributed by atoms with Gasteiger partial charge in [0.25, 0.3) is 0 Å². The number of carbonyl (C=O) groups is 1. The molecule has 3 atom stereocenters. The zero-order valence-electron chi connectivity index (χ0n) is 12.3. The van der Waals surface area contributed by atoms with Gasteiger partial charge in [0.1, 0.15) is 0 Å². The van der Waals surface area contributed by atoms with Crippen LogP contribution >= 0.6 is 0 Å². The first-order chi connectivity index (χ1) is 9.56. The predicted octanol–water partition coefficient (Wildman–Crippen LogP) is 1.35. The third-order valence-corrected chi connectivity index (χ3v) is 3.99. The Kier molecular flexibility index (Phi) is 3.38. The molecule has 20 heavy (non-hydrogen) atoms. The normalized spacial score (nSPS) is 32.3. The molecule has 3 heterocycles. The second-order valence-electron chi connectivity index (χ2n) is 6.05. The number of nitrogens with zero attached hydrogens (tertiary/aromatic N) is 2. The molecule has 2 N–H and O–H groups in total. The molecule has 3 aliphatic rings. The Morgan fingerprint density at radius 1 is 1.50 bits per heavy atom. The first kappa shape index (κ1) is 13.4. The Balaban J connectivity index is 1.98. The molecule has 0 saturated carbocycles. The SMILES string of the molecule is CC(C)NN1C=C2CC(=O)NC(C)C2C2=CCC=NC21. The summed E-state index contributed by atoms with van der Waals surface area (Å²) in [5, 5.41) is 5.11. The van der Waals surface area contributed by atoms with Crippen molar-refractivity contribution in [3.63, 3.8) is 0 Å². The van der Waals surface area contributed by atoms with Crippen LogP contribution in [0.3, 0.4) is 0 Å². The summed E-state index contributed by atoms with van der Waals surface area (Å²) in [4.78, 5) is 16.4. The zero-order chi connectivity index (χ0) is 14.3. The lowest BCUT2D eigenvalue weighted by atomic mass is 9.77. The van der Waals surface area contributed by atoms with Crippen molar-refractivity contribution in [3.8, 4) is 0 Å². The maximum atomic E-state index is 11.8. The van der Waals surface area contributed by atoms with E-state index in [9.17, 15) is 4.79 Å². The number of nitrogens with one attached hydrogen (secondary N) is 2. The van der Waals surface area contributed by atoms with Crippen molar-refractivity contribution in [1.29, 1.82) is 0 Å². The third kappa shape index (κ3) is 2.26. The number of rotatable bonds is 2. The van der Waals surface area contributed by atoms with Gasteiger partial charge in [-0.3, -0.25) is 14.8 Å². The first-order valence-corrected chi connectivity index (χ1v) is 7.32. The summed E-state index contributed by atoms with van der Waals surface area (Å²) in [5.74, 6) is 0.406. The van der Waals surface area contributed by atoms with Gasteiger partial charge in [0.05, 0.1) is 6.42 Å². The molecule has 0 spiro atoms. The Morgan fingerprint density at radius 2 is 2.30 bits per heavy atom. The van der Waals surface area contributed by atoms with Gasteiger partial charge in [0, 0.05) is 36.8 Å².